The quantitative estimate of drug-likeness (QED) is 0.675. The first-order chi connectivity index (χ1) is 9.15. The average molecular weight is 274 g/mol. The summed E-state index contributed by atoms with van der Waals surface area (Å²) in [6.45, 7) is 2.54. The highest BCUT2D eigenvalue weighted by molar-refractivity contribution is 7.98. The molecule has 7 heteroatoms. The molecule has 6 nitrogen and oxygen atoms in total. The predicted octanol–water partition coefficient (Wildman–Crippen LogP) is 1.72. The van der Waals surface area contributed by atoms with Crippen LogP contribution in [0.4, 0.5) is 5.82 Å². The van der Waals surface area contributed by atoms with Gasteiger partial charge in [0.05, 0.1) is 5.69 Å². The van der Waals surface area contributed by atoms with Crippen molar-refractivity contribution in [2.75, 3.05) is 11.6 Å². The summed E-state index contributed by atoms with van der Waals surface area (Å²) in [6, 6.07) is 2.14. The molecular weight excluding hydrogens is 260 g/mol. The predicted molar refractivity (Wildman–Crippen MR) is 73.8 cm³/mol. The van der Waals surface area contributed by atoms with Crippen molar-refractivity contribution in [3.63, 3.8) is 0 Å². The zero-order valence-electron chi connectivity index (χ0n) is 11.0. The molecule has 0 atom stereocenters. The Kier molecular flexibility index (Phi) is 4.02. The maximum absolute atomic E-state index is 9.19. The first-order valence-corrected chi connectivity index (χ1v) is 6.90. The van der Waals surface area contributed by atoms with Crippen LogP contribution in [0.3, 0.4) is 0 Å². The molecule has 0 aliphatic carbocycles. The van der Waals surface area contributed by atoms with Gasteiger partial charge in [-0.1, -0.05) is 0 Å². The first kappa shape index (κ1) is 13.4. The summed E-state index contributed by atoms with van der Waals surface area (Å²) in [7, 11) is 1.88. The fraction of sp³-hybridized carbons (Fsp3) is 0.333. The Morgan fingerprint density at radius 2 is 2.26 bits per heavy atom. The molecule has 0 aliphatic heterocycles. The summed E-state index contributed by atoms with van der Waals surface area (Å²) in [4.78, 5) is 8.20. The molecular formula is C12H14N6S. The van der Waals surface area contributed by atoms with Gasteiger partial charge in [-0.25, -0.2) is 9.97 Å². The smallest absolute Gasteiger partial charge is 0.148 e. The highest BCUT2D eigenvalue weighted by Crippen LogP contribution is 2.22. The monoisotopic (exact) mass is 274 g/mol. The normalized spacial score (nSPS) is 10.2. The van der Waals surface area contributed by atoms with E-state index in [2.05, 4.69) is 26.5 Å². The van der Waals surface area contributed by atoms with Crippen molar-refractivity contribution in [3.8, 4) is 6.07 Å². The number of aromatic nitrogens is 4. The van der Waals surface area contributed by atoms with Crippen LogP contribution in [0.2, 0.25) is 0 Å². The number of nitrogens with one attached hydrogen (secondary N) is 1. The van der Waals surface area contributed by atoms with Gasteiger partial charge in [-0.3, -0.25) is 4.68 Å². The van der Waals surface area contributed by atoms with Gasteiger partial charge < -0.3 is 5.32 Å². The molecule has 19 heavy (non-hydrogen) atoms. The third-order valence-electron chi connectivity index (χ3n) is 2.68. The van der Waals surface area contributed by atoms with Gasteiger partial charge in [0.2, 0.25) is 0 Å². The van der Waals surface area contributed by atoms with Gasteiger partial charge in [-0.05, 0) is 13.2 Å². The fourth-order valence-corrected chi connectivity index (χ4v) is 2.26. The van der Waals surface area contributed by atoms with Crippen molar-refractivity contribution in [1.29, 1.82) is 5.26 Å². The molecule has 0 radical (unpaired) electrons. The third kappa shape index (κ3) is 2.85. The second-order valence-electron chi connectivity index (χ2n) is 3.99. The number of hydrogen-bond acceptors (Lipinski definition) is 6. The van der Waals surface area contributed by atoms with Crippen LogP contribution in [0, 0.1) is 18.3 Å². The van der Waals surface area contributed by atoms with Gasteiger partial charge in [0.25, 0.3) is 0 Å². The van der Waals surface area contributed by atoms with Crippen LogP contribution in [-0.4, -0.2) is 26.0 Å². The molecule has 2 rings (SSSR count). The molecule has 2 aromatic heterocycles. The van der Waals surface area contributed by atoms with Crippen molar-refractivity contribution in [2.45, 2.75) is 18.5 Å². The highest BCUT2D eigenvalue weighted by Gasteiger charge is 2.11. The summed E-state index contributed by atoms with van der Waals surface area (Å²) in [5.41, 5.74) is 2.53. The van der Waals surface area contributed by atoms with E-state index >= 15 is 0 Å². The maximum Gasteiger partial charge on any atom is 0.148 e. The number of anilines is 1. The molecule has 0 aromatic carbocycles. The van der Waals surface area contributed by atoms with E-state index < -0.39 is 0 Å². The Balaban J connectivity index is 2.20. The van der Waals surface area contributed by atoms with Crippen molar-refractivity contribution < 1.29 is 0 Å². The minimum absolute atomic E-state index is 0.483. The van der Waals surface area contributed by atoms with Crippen LogP contribution in [0.5, 0.6) is 0 Å². The van der Waals surface area contributed by atoms with Crippen LogP contribution in [0.15, 0.2) is 17.6 Å². The van der Waals surface area contributed by atoms with Crippen LogP contribution < -0.4 is 5.32 Å². The van der Waals surface area contributed by atoms with E-state index in [1.165, 1.54) is 18.1 Å². The molecule has 98 valence electrons. The topological polar surface area (TPSA) is 79.4 Å². The maximum atomic E-state index is 9.19. The van der Waals surface area contributed by atoms with E-state index in [-0.39, 0.29) is 0 Å². The van der Waals surface area contributed by atoms with Crippen LogP contribution in [0.1, 0.15) is 16.8 Å². The number of nitriles is 1. The van der Waals surface area contributed by atoms with Crippen LogP contribution in [0.25, 0.3) is 0 Å². The number of hydrogen-bond donors (Lipinski definition) is 1. The Hall–Kier alpha value is -2.07. The molecule has 0 unspecified atom stereocenters. The Morgan fingerprint density at radius 1 is 1.47 bits per heavy atom. The second-order valence-corrected chi connectivity index (χ2v) is 4.78. The lowest BCUT2D eigenvalue weighted by Gasteiger charge is -2.07. The fourth-order valence-electron chi connectivity index (χ4n) is 1.76. The Bertz CT molecular complexity index is 628. The van der Waals surface area contributed by atoms with Gasteiger partial charge in [-0.2, -0.15) is 10.4 Å². The SMILES string of the molecule is CSc1ncnc(NCc2cn(C)nc2C)c1C#N. The molecule has 0 saturated carbocycles. The van der Waals surface area contributed by atoms with Gasteiger partial charge in [-0.15, -0.1) is 11.8 Å². The zero-order chi connectivity index (χ0) is 13.8. The van der Waals surface area contributed by atoms with E-state index in [1.807, 2.05) is 26.4 Å². The van der Waals surface area contributed by atoms with Gasteiger partial charge >= 0.3 is 0 Å². The average Bonchev–Trinajstić information content (AvgIpc) is 2.73. The minimum Gasteiger partial charge on any atom is -0.365 e. The standard InChI is InChI=1S/C12H14N6S/c1-8-9(6-18(2)17-8)5-14-11-10(4-13)12(19-3)16-7-15-11/h6-7H,5H2,1-3H3,(H,14,15,16). The van der Waals surface area contributed by atoms with Gasteiger partial charge in [0, 0.05) is 25.4 Å². The summed E-state index contributed by atoms with van der Waals surface area (Å²) >= 11 is 1.43. The summed E-state index contributed by atoms with van der Waals surface area (Å²) in [6.07, 6.45) is 5.30. The van der Waals surface area contributed by atoms with E-state index in [4.69, 9.17) is 0 Å². The minimum atomic E-state index is 0.483. The second kappa shape index (κ2) is 5.71. The summed E-state index contributed by atoms with van der Waals surface area (Å²) in [5, 5.41) is 17.3. The van der Waals surface area contributed by atoms with E-state index in [0.29, 0.717) is 23.0 Å². The van der Waals surface area contributed by atoms with E-state index in [1.54, 1.807) is 4.68 Å². The first-order valence-electron chi connectivity index (χ1n) is 5.67. The van der Waals surface area contributed by atoms with Crippen molar-refractivity contribution in [3.05, 3.63) is 29.3 Å². The van der Waals surface area contributed by atoms with Crippen LogP contribution in [-0.2, 0) is 13.6 Å². The molecule has 0 aliphatic rings. The summed E-state index contributed by atoms with van der Waals surface area (Å²) < 4.78 is 1.77. The van der Waals surface area contributed by atoms with E-state index in [9.17, 15) is 5.26 Å². The third-order valence-corrected chi connectivity index (χ3v) is 3.38. The van der Waals surface area contributed by atoms with Crippen molar-refractivity contribution >= 4 is 17.6 Å². The lowest BCUT2D eigenvalue weighted by molar-refractivity contribution is 0.756. The van der Waals surface area contributed by atoms with Gasteiger partial charge in [0.1, 0.15) is 28.8 Å². The molecule has 1 N–H and O–H groups in total. The lowest BCUT2D eigenvalue weighted by Crippen LogP contribution is -2.05. The lowest BCUT2D eigenvalue weighted by atomic mass is 10.2. The van der Waals surface area contributed by atoms with E-state index in [0.717, 1.165) is 11.3 Å². The number of rotatable bonds is 4. The summed E-state index contributed by atoms with van der Waals surface area (Å²) in [5.74, 6) is 0.560. The molecule has 2 aromatic rings. The molecule has 0 amide bonds. The highest BCUT2D eigenvalue weighted by atomic mass is 32.2. The Labute approximate surface area is 115 Å². The molecule has 0 spiro atoms. The molecule has 2 heterocycles. The van der Waals surface area contributed by atoms with Gasteiger partial charge in [0.15, 0.2) is 0 Å². The molecule has 0 saturated heterocycles. The zero-order valence-corrected chi connectivity index (χ0v) is 11.8. The largest absolute Gasteiger partial charge is 0.365 e. The Morgan fingerprint density at radius 3 is 2.84 bits per heavy atom. The van der Waals surface area contributed by atoms with Crippen LogP contribution >= 0.6 is 11.8 Å². The van der Waals surface area contributed by atoms with Crippen molar-refractivity contribution in [1.82, 2.24) is 19.7 Å². The number of aryl methyl sites for hydroxylation is 2. The molecule has 0 fully saturated rings. The number of nitrogens with zero attached hydrogens (tertiary/aromatic N) is 5. The van der Waals surface area contributed by atoms with Crippen molar-refractivity contribution in [2.24, 2.45) is 7.05 Å². The molecule has 0 bridgehead atoms. The number of thioether (sulfide) groups is 1.